The number of benzene rings is 1. The Morgan fingerprint density at radius 3 is 2.76 bits per heavy atom. The van der Waals surface area contributed by atoms with Crippen LogP contribution in [-0.2, 0) is 16.1 Å². The maximum atomic E-state index is 11.5. The summed E-state index contributed by atoms with van der Waals surface area (Å²) in [5.41, 5.74) is 0.960. The molecule has 0 saturated carbocycles. The summed E-state index contributed by atoms with van der Waals surface area (Å²) in [5, 5.41) is 8.75. The van der Waals surface area contributed by atoms with Crippen LogP contribution in [0.15, 0.2) is 30.3 Å². The summed E-state index contributed by atoms with van der Waals surface area (Å²) in [5.74, 6) is -0.925. The molecule has 1 aliphatic heterocycles. The first-order valence-electron chi connectivity index (χ1n) is 5.36. The molecule has 1 amide bonds. The minimum absolute atomic E-state index is 0.0847. The van der Waals surface area contributed by atoms with Crippen molar-refractivity contribution in [1.82, 2.24) is 4.90 Å². The normalized spacial score (nSPS) is 19.2. The molecule has 1 saturated heterocycles. The first-order chi connectivity index (χ1) is 8.16. The highest BCUT2D eigenvalue weighted by Crippen LogP contribution is 2.18. The third-order valence-corrected chi connectivity index (χ3v) is 2.68. The molecule has 1 fully saturated rings. The lowest BCUT2D eigenvalue weighted by molar-refractivity contribution is -0.138. The van der Waals surface area contributed by atoms with Crippen molar-refractivity contribution in [1.29, 1.82) is 0 Å². The number of amides is 1. The Morgan fingerprint density at radius 2 is 2.12 bits per heavy atom. The van der Waals surface area contributed by atoms with Crippen LogP contribution in [-0.4, -0.2) is 34.7 Å². The van der Waals surface area contributed by atoms with Crippen LogP contribution in [0, 0.1) is 0 Å². The fourth-order valence-corrected chi connectivity index (χ4v) is 1.83. The lowest BCUT2D eigenvalue weighted by atomic mass is 10.1. The van der Waals surface area contributed by atoms with Crippen LogP contribution in [0.5, 0.6) is 0 Å². The molecule has 1 aromatic carbocycles. The highest BCUT2D eigenvalue weighted by atomic mass is 16.6. The van der Waals surface area contributed by atoms with Crippen molar-refractivity contribution in [2.75, 3.05) is 6.61 Å². The standard InChI is InChI=1S/C12H13NO4/c14-11(15)6-10-8-17-12(16)13(10)7-9-4-2-1-3-5-9/h1-5,10H,6-8H2,(H,14,15). The number of rotatable bonds is 4. The van der Waals surface area contributed by atoms with Gasteiger partial charge < -0.3 is 9.84 Å². The van der Waals surface area contributed by atoms with Crippen LogP contribution in [0.25, 0.3) is 0 Å². The maximum absolute atomic E-state index is 11.5. The summed E-state index contributed by atoms with van der Waals surface area (Å²) < 4.78 is 4.87. The monoisotopic (exact) mass is 235 g/mol. The molecular weight excluding hydrogens is 222 g/mol. The molecule has 1 atom stereocenters. The quantitative estimate of drug-likeness (QED) is 0.858. The van der Waals surface area contributed by atoms with Gasteiger partial charge in [-0.1, -0.05) is 30.3 Å². The summed E-state index contributed by atoms with van der Waals surface area (Å²) in [6.45, 7) is 0.537. The van der Waals surface area contributed by atoms with Crippen molar-refractivity contribution >= 4 is 12.1 Å². The van der Waals surface area contributed by atoms with Crippen molar-refractivity contribution in [2.24, 2.45) is 0 Å². The zero-order chi connectivity index (χ0) is 12.3. The van der Waals surface area contributed by atoms with E-state index < -0.39 is 12.1 Å². The highest BCUT2D eigenvalue weighted by molar-refractivity contribution is 5.73. The van der Waals surface area contributed by atoms with E-state index in [4.69, 9.17) is 9.84 Å². The van der Waals surface area contributed by atoms with Gasteiger partial charge in [0.25, 0.3) is 0 Å². The van der Waals surface area contributed by atoms with Gasteiger partial charge in [0, 0.05) is 6.54 Å². The third kappa shape index (κ3) is 2.75. The Bertz CT molecular complexity index is 418. The van der Waals surface area contributed by atoms with Crippen LogP contribution in [0.2, 0.25) is 0 Å². The summed E-state index contributed by atoms with van der Waals surface area (Å²) >= 11 is 0. The van der Waals surface area contributed by atoms with Crippen molar-refractivity contribution in [3.63, 3.8) is 0 Å². The van der Waals surface area contributed by atoms with E-state index in [1.807, 2.05) is 30.3 Å². The Hall–Kier alpha value is -2.04. The minimum atomic E-state index is -0.925. The first kappa shape index (κ1) is 11.4. The highest BCUT2D eigenvalue weighted by Gasteiger charge is 2.34. The van der Waals surface area contributed by atoms with Crippen LogP contribution < -0.4 is 0 Å². The van der Waals surface area contributed by atoms with Gasteiger partial charge in [-0.3, -0.25) is 9.69 Å². The average Bonchev–Trinajstić information content (AvgIpc) is 2.62. The molecule has 0 radical (unpaired) electrons. The molecule has 17 heavy (non-hydrogen) atoms. The van der Waals surface area contributed by atoms with Gasteiger partial charge in [0.2, 0.25) is 0 Å². The van der Waals surface area contributed by atoms with E-state index in [1.165, 1.54) is 4.90 Å². The number of carboxylic acids is 1. The van der Waals surface area contributed by atoms with Crippen LogP contribution >= 0.6 is 0 Å². The second-order valence-corrected chi connectivity index (χ2v) is 3.94. The summed E-state index contributed by atoms with van der Waals surface area (Å²) in [7, 11) is 0. The van der Waals surface area contributed by atoms with Gasteiger partial charge in [-0.05, 0) is 5.56 Å². The minimum Gasteiger partial charge on any atom is -0.481 e. The summed E-state index contributed by atoms with van der Waals surface area (Å²) in [6, 6.07) is 9.06. The number of hydrogen-bond acceptors (Lipinski definition) is 3. The zero-order valence-electron chi connectivity index (χ0n) is 9.20. The Balaban J connectivity index is 2.06. The van der Waals surface area contributed by atoms with Gasteiger partial charge in [-0.25, -0.2) is 4.79 Å². The average molecular weight is 235 g/mol. The van der Waals surface area contributed by atoms with E-state index in [-0.39, 0.29) is 19.1 Å². The number of carboxylic acid groups (broad SMARTS) is 1. The molecule has 0 bridgehead atoms. The number of nitrogens with zero attached hydrogens (tertiary/aromatic N) is 1. The predicted molar refractivity (Wildman–Crippen MR) is 59.4 cm³/mol. The van der Waals surface area contributed by atoms with Crippen molar-refractivity contribution in [3.05, 3.63) is 35.9 Å². The molecule has 0 aromatic heterocycles. The molecule has 1 unspecified atom stereocenters. The Kier molecular flexibility index (Phi) is 3.27. The van der Waals surface area contributed by atoms with Crippen LogP contribution in [0.4, 0.5) is 4.79 Å². The van der Waals surface area contributed by atoms with E-state index in [1.54, 1.807) is 0 Å². The lowest BCUT2D eigenvalue weighted by Gasteiger charge is -2.19. The van der Waals surface area contributed by atoms with E-state index in [2.05, 4.69) is 0 Å². The van der Waals surface area contributed by atoms with Gasteiger partial charge in [-0.2, -0.15) is 0 Å². The number of ether oxygens (including phenoxy) is 1. The SMILES string of the molecule is O=C(O)CC1COC(=O)N1Cc1ccccc1. The molecule has 1 aromatic rings. The number of carbonyl (C=O) groups excluding carboxylic acids is 1. The topological polar surface area (TPSA) is 66.8 Å². The van der Waals surface area contributed by atoms with Gasteiger partial charge in [0.15, 0.2) is 0 Å². The first-order valence-corrected chi connectivity index (χ1v) is 5.36. The van der Waals surface area contributed by atoms with Gasteiger partial charge >= 0.3 is 12.1 Å². The molecule has 1 heterocycles. The van der Waals surface area contributed by atoms with Crippen LogP contribution in [0.1, 0.15) is 12.0 Å². The second-order valence-electron chi connectivity index (χ2n) is 3.94. The van der Waals surface area contributed by atoms with Crippen LogP contribution in [0.3, 0.4) is 0 Å². The van der Waals surface area contributed by atoms with E-state index >= 15 is 0 Å². The molecule has 1 aliphatic rings. The third-order valence-electron chi connectivity index (χ3n) is 2.68. The zero-order valence-corrected chi connectivity index (χ0v) is 9.20. The molecule has 5 heteroatoms. The Labute approximate surface area is 98.6 Å². The van der Waals surface area contributed by atoms with E-state index in [0.717, 1.165) is 5.56 Å². The molecule has 5 nitrogen and oxygen atoms in total. The summed E-state index contributed by atoms with van der Waals surface area (Å²) in [4.78, 5) is 23.6. The molecule has 0 spiro atoms. The second kappa shape index (κ2) is 4.86. The van der Waals surface area contributed by atoms with E-state index in [9.17, 15) is 9.59 Å². The van der Waals surface area contributed by atoms with Crippen molar-refractivity contribution in [3.8, 4) is 0 Å². The fraction of sp³-hybridized carbons (Fsp3) is 0.333. The fourth-order valence-electron chi connectivity index (χ4n) is 1.83. The van der Waals surface area contributed by atoms with E-state index in [0.29, 0.717) is 6.54 Å². The Morgan fingerprint density at radius 1 is 1.41 bits per heavy atom. The van der Waals surface area contributed by atoms with Crippen molar-refractivity contribution in [2.45, 2.75) is 19.0 Å². The molecular formula is C12H13NO4. The predicted octanol–water partition coefficient (Wildman–Crippen LogP) is 1.48. The number of cyclic esters (lactones) is 1. The summed E-state index contributed by atoms with van der Waals surface area (Å²) in [6.07, 6.45) is -0.529. The smallest absolute Gasteiger partial charge is 0.410 e. The molecule has 1 N–H and O–H groups in total. The largest absolute Gasteiger partial charge is 0.481 e. The van der Waals surface area contributed by atoms with Gasteiger partial charge in [0.1, 0.15) is 6.61 Å². The van der Waals surface area contributed by atoms with Crippen molar-refractivity contribution < 1.29 is 19.4 Å². The van der Waals surface area contributed by atoms with Gasteiger partial charge in [0.05, 0.1) is 12.5 Å². The van der Waals surface area contributed by atoms with Gasteiger partial charge in [-0.15, -0.1) is 0 Å². The molecule has 2 rings (SSSR count). The maximum Gasteiger partial charge on any atom is 0.410 e. The number of hydrogen-bond donors (Lipinski definition) is 1. The lowest BCUT2D eigenvalue weighted by Crippen LogP contribution is -2.34. The molecule has 0 aliphatic carbocycles. The molecule has 90 valence electrons. The number of aliphatic carboxylic acids is 1. The number of carbonyl (C=O) groups is 2.